The van der Waals surface area contributed by atoms with E-state index in [9.17, 15) is 19.5 Å². The third-order valence-corrected chi connectivity index (χ3v) is 5.21. The number of rotatable bonds is 4. The molecule has 142 valence electrons. The van der Waals surface area contributed by atoms with Gasteiger partial charge in [-0.05, 0) is 30.2 Å². The largest absolute Gasteiger partial charge is 0.478 e. The van der Waals surface area contributed by atoms with Gasteiger partial charge in [-0.2, -0.15) is 0 Å². The predicted octanol–water partition coefficient (Wildman–Crippen LogP) is 2.11. The standard InChI is InChI=1S/C21H19N3O4/c25-19(12-24-13-22-18-8-4-3-7-17(18)20(24)26)23-10-9-14(11-23)15-5-1-2-6-16(15)21(27)28/h1-8,13-14H,9-12H2,(H,27,28)/t14-/m1/s1. The predicted molar refractivity (Wildman–Crippen MR) is 103 cm³/mol. The molecule has 1 aliphatic heterocycles. The molecule has 0 spiro atoms. The highest BCUT2D eigenvalue weighted by molar-refractivity contribution is 5.89. The zero-order valence-corrected chi connectivity index (χ0v) is 15.1. The topological polar surface area (TPSA) is 92.5 Å². The summed E-state index contributed by atoms with van der Waals surface area (Å²) >= 11 is 0. The maximum Gasteiger partial charge on any atom is 0.335 e. The molecule has 0 unspecified atom stereocenters. The third-order valence-electron chi connectivity index (χ3n) is 5.21. The highest BCUT2D eigenvalue weighted by atomic mass is 16.4. The van der Waals surface area contributed by atoms with Crippen LogP contribution in [-0.4, -0.2) is 44.5 Å². The van der Waals surface area contributed by atoms with E-state index in [-0.39, 0.29) is 29.5 Å². The molecular weight excluding hydrogens is 358 g/mol. The Bertz CT molecular complexity index is 1120. The second-order valence-corrected chi connectivity index (χ2v) is 6.91. The number of amides is 1. The van der Waals surface area contributed by atoms with Crippen LogP contribution in [0.2, 0.25) is 0 Å². The number of carbonyl (C=O) groups excluding carboxylic acids is 1. The van der Waals surface area contributed by atoms with Crippen molar-refractivity contribution in [3.63, 3.8) is 0 Å². The highest BCUT2D eigenvalue weighted by Gasteiger charge is 2.29. The number of carboxylic acids is 1. The van der Waals surface area contributed by atoms with Crippen molar-refractivity contribution in [2.24, 2.45) is 0 Å². The van der Waals surface area contributed by atoms with E-state index in [4.69, 9.17) is 0 Å². The fourth-order valence-corrected chi connectivity index (χ4v) is 3.75. The SMILES string of the molecule is O=C(O)c1ccccc1[C@@H]1CCN(C(=O)Cn2cnc3ccccc3c2=O)C1. The first-order chi connectivity index (χ1) is 13.5. The van der Waals surface area contributed by atoms with E-state index in [2.05, 4.69) is 4.98 Å². The lowest BCUT2D eigenvalue weighted by Crippen LogP contribution is -2.35. The fourth-order valence-electron chi connectivity index (χ4n) is 3.75. The smallest absolute Gasteiger partial charge is 0.335 e. The average Bonchev–Trinajstić information content (AvgIpc) is 3.20. The number of carboxylic acid groups (broad SMARTS) is 1. The van der Waals surface area contributed by atoms with Crippen LogP contribution in [0, 0.1) is 0 Å². The minimum Gasteiger partial charge on any atom is -0.478 e. The van der Waals surface area contributed by atoms with Gasteiger partial charge in [-0.3, -0.25) is 14.2 Å². The molecule has 0 bridgehead atoms. The van der Waals surface area contributed by atoms with E-state index in [0.29, 0.717) is 30.4 Å². The minimum atomic E-state index is -0.964. The first kappa shape index (κ1) is 17.9. The van der Waals surface area contributed by atoms with Gasteiger partial charge in [-0.25, -0.2) is 9.78 Å². The summed E-state index contributed by atoms with van der Waals surface area (Å²) in [5, 5.41) is 9.87. The molecule has 0 aliphatic carbocycles. The van der Waals surface area contributed by atoms with E-state index in [1.54, 1.807) is 41.3 Å². The van der Waals surface area contributed by atoms with Gasteiger partial charge in [-0.15, -0.1) is 0 Å². The van der Waals surface area contributed by atoms with Crippen LogP contribution >= 0.6 is 0 Å². The van der Waals surface area contributed by atoms with Crippen LogP contribution in [0.15, 0.2) is 59.7 Å². The summed E-state index contributed by atoms with van der Waals surface area (Å²) in [6, 6.07) is 13.9. The number of para-hydroxylation sites is 1. The zero-order valence-electron chi connectivity index (χ0n) is 15.1. The van der Waals surface area contributed by atoms with Gasteiger partial charge in [0.2, 0.25) is 5.91 Å². The maximum absolute atomic E-state index is 12.7. The zero-order chi connectivity index (χ0) is 19.7. The molecule has 7 heteroatoms. The molecule has 1 saturated heterocycles. The van der Waals surface area contributed by atoms with Gasteiger partial charge in [-0.1, -0.05) is 30.3 Å². The molecule has 1 aromatic heterocycles. The quantitative estimate of drug-likeness (QED) is 0.752. The first-order valence-corrected chi connectivity index (χ1v) is 9.09. The summed E-state index contributed by atoms with van der Waals surface area (Å²) < 4.78 is 1.32. The van der Waals surface area contributed by atoms with E-state index < -0.39 is 5.97 Å². The van der Waals surface area contributed by atoms with Gasteiger partial charge in [0.05, 0.1) is 22.8 Å². The molecule has 2 heterocycles. The van der Waals surface area contributed by atoms with E-state index in [0.717, 1.165) is 5.56 Å². The Morgan fingerprint density at radius 3 is 2.68 bits per heavy atom. The van der Waals surface area contributed by atoms with Crippen molar-refractivity contribution < 1.29 is 14.7 Å². The van der Waals surface area contributed by atoms with Crippen LogP contribution in [0.4, 0.5) is 0 Å². The number of nitrogens with zero attached hydrogens (tertiary/aromatic N) is 3. The fraction of sp³-hybridized carbons (Fsp3) is 0.238. The van der Waals surface area contributed by atoms with Gasteiger partial charge in [0.15, 0.2) is 0 Å². The molecule has 1 atom stereocenters. The lowest BCUT2D eigenvalue weighted by atomic mass is 9.93. The molecule has 7 nitrogen and oxygen atoms in total. The lowest BCUT2D eigenvalue weighted by Gasteiger charge is -2.18. The Morgan fingerprint density at radius 1 is 1.11 bits per heavy atom. The summed E-state index contributed by atoms with van der Waals surface area (Å²) in [5.74, 6) is -1.16. The van der Waals surface area contributed by atoms with E-state index >= 15 is 0 Å². The van der Waals surface area contributed by atoms with Crippen LogP contribution in [0.3, 0.4) is 0 Å². The van der Waals surface area contributed by atoms with Crippen LogP contribution < -0.4 is 5.56 Å². The Balaban J connectivity index is 1.51. The molecular formula is C21H19N3O4. The molecule has 28 heavy (non-hydrogen) atoms. The second kappa shape index (κ2) is 7.26. The molecule has 1 amide bonds. The molecule has 3 aromatic rings. The molecule has 0 saturated carbocycles. The van der Waals surface area contributed by atoms with Gasteiger partial charge in [0.1, 0.15) is 6.54 Å². The number of carbonyl (C=O) groups is 2. The number of likely N-dealkylation sites (tertiary alicyclic amines) is 1. The van der Waals surface area contributed by atoms with Crippen molar-refractivity contribution in [3.8, 4) is 0 Å². The Labute approximate surface area is 160 Å². The average molecular weight is 377 g/mol. The van der Waals surface area contributed by atoms with Crippen molar-refractivity contribution in [2.75, 3.05) is 13.1 Å². The third kappa shape index (κ3) is 3.26. The van der Waals surface area contributed by atoms with Gasteiger partial charge in [0, 0.05) is 19.0 Å². The van der Waals surface area contributed by atoms with E-state index in [1.807, 2.05) is 12.1 Å². The molecule has 1 aliphatic rings. The second-order valence-electron chi connectivity index (χ2n) is 6.91. The number of aromatic carboxylic acids is 1. The summed E-state index contributed by atoms with van der Waals surface area (Å²) in [6.07, 6.45) is 2.09. The van der Waals surface area contributed by atoms with Crippen molar-refractivity contribution in [1.29, 1.82) is 0 Å². The van der Waals surface area contributed by atoms with Crippen molar-refractivity contribution in [2.45, 2.75) is 18.9 Å². The lowest BCUT2D eigenvalue weighted by molar-refractivity contribution is -0.130. The molecule has 0 radical (unpaired) electrons. The van der Waals surface area contributed by atoms with Crippen LogP contribution in [-0.2, 0) is 11.3 Å². The minimum absolute atomic E-state index is 0.0253. The summed E-state index contributed by atoms with van der Waals surface area (Å²) in [4.78, 5) is 42.7. The van der Waals surface area contributed by atoms with Crippen LogP contribution in [0.5, 0.6) is 0 Å². The number of fused-ring (bicyclic) bond motifs is 1. The Hall–Kier alpha value is -3.48. The number of hydrogen-bond acceptors (Lipinski definition) is 4. The first-order valence-electron chi connectivity index (χ1n) is 9.09. The number of aromatic nitrogens is 2. The van der Waals surface area contributed by atoms with Gasteiger partial charge in [0.25, 0.3) is 5.56 Å². The van der Waals surface area contributed by atoms with E-state index in [1.165, 1.54) is 10.9 Å². The number of hydrogen-bond donors (Lipinski definition) is 1. The monoisotopic (exact) mass is 377 g/mol. The van der Waals surface area contributed by atoms with Crippen molar-refractivity contribution in [1.82, 2.24) is 14.5 Å². The maximum atomic E-state index is 12.7. The highest BCUT2D eigenvalue weighted by Crippen LogP contribution is 2.29. The Morgan fingerprint density at radius 2 is 1.86 bits per heavy atom. The van der Waals surface area contributed by atoms with Crippen molar-refractivity contribution in [3.05, 3.63) is 76.3 Å². The molecule has 2 aromatic carbocycles. The summed E-state index contributed by atoms with van der Waals surface area (Å²) in [5.41, 5.74) is 1.38. The van der Waals surface area contributed by atoms with Crippen molar-refractivity contribution >= 4 is 22.8 Å². The summed E-state index contributed by atoms with van der Waals surface area (Å²) in [6.45, 7) is 0.899. The Kier molecular flexibility index (Phi) is 4.65. The van der Waals surface area contributed by atoms with Crippen LogP contribution in [0.1, 0.15) is 28.3 Å². The number of benzene rings is 2. The molecule has 4 rings (SSSR count). The van der Waals surface area contributed by atoms with Gasteiger partial charge < -0.3 is 10.0 Å². The van der Waals surface area contributed by atoms with Crippen LogP contribution in [0.25, 0.3) is 10.9 Å². The van der Waals surface area contributed by atoms with Gasteiger partial charge >= 0.3 is 5.97 Å². The molecule has 1 N–H and O–H groups in total. The normalized spacial score (nSPS) is 16.4. The summed E-state index contributed by atoms with van der Waals surface area (Å²) in [7, 11) is 0. The molecule has 1 fully saturated rings.